The molecule has 0 unspecified atom stereocenters. The lowest BCUT2D eigenvalue weighted by molar-refractivity contribution is 0.512. The Morgan fingerprint density at radius 3 is 2.64 bits per heavy atom. The number of rotatable bonds is 7. The first-order chi connectivity index (χ1) is 10.8. The Balaban J connectivity index is 1.80. The zero-order chi connectivity index (χ0) is 15.6. The van der Waals surface area contributed by atoms with Gasteiger partial charge >= 0.3 is 0 Å². The van der Waals surface area contributed by atoms with Crippen LogP contribution in [0.15, 0.2) is 58.1 Å². The van der Waals surface area contributed by atoms with Gasteiger partial charge in [-0.25, -0.2) is 4.99 Å². The van der Waals surface area contributed by atoms with Crippen LogP contribution in [0.4, 0.5) is 5.69 Å². The number of hydrogen-bond donors (Lipinski definition) is 2. The van der Waals surface area contributed by atoms with Crippen molar-refractivity contribution in [1.82, 2.24) is 10.6 Å². The minimum absolute atomic E-state index is 0.539. The van der Waals surface area contributed by atoms with Crippen LogP contribution in [0, 0.1) is 0 Å². The molecule has 0 spiro atoms. The fraction of sp³-hybridized carbons (Fsp3) is 0.353. The molecule has 0 saturated carbocycles. The number of likely N-dealkylation sites (N-methyl/N-ethyl adjacent to an activating group) is 1. The highest BCUT2D eigenvalue weighted by molar-refractivity contribution is 5.79. The third-order valence-electron chi connectivity index (χ3n) is 3.25. The van der Waals surface area contributed by atoms with Crippen LogP contribution in [-0.4, -0.2) is 32.6 Å². The van der Waals surface area contributed by atoms with Gasteiger partial charge in [0.05, 0.1) is 6.26 Å². The smallest absolute Gasteiger partial charge is 0.191 e. The number of nitrogens with one attached hydrogen (secondary N) is 2. The van der Waals surface area contributed by atoms with Crippen LogP contribution in [0.1, 0.15) is 12.7 Å². The average molecular weight is 300 g/mol. The van der Waals surface area contributed by atoms with Crippen molar-refractivity contribution in [3.8, 4) is 0 Å². The number of furan rings is 1. The van der Waals surface area contributed by atoms with Gasteiger partial charge in [-0.1, -0.05) is 18.2 Å². The first-order valence-electron chi connectivity index (χ1n) is 7.60. The summed E-state index contributed by atoms with van der Waals surface area (Å²) in [4.78, 5) is 6.72. The molecule has 0 aliphatic rings. The molecule has 0 radical (unpaired) electrons. The number of benzene rings is 1. The monoisotopic (exact) mass is 300 g/mol. The van der Waals surface area contributed by atoms with E-state index in [0.717, 1.165) is 31.4 Å². The second-order valence-electron chi connectivity index (χ2n) is 4.96. The molecule has 2 aromatic rings. The van der Waals surface area contributed by atoms with E-state index in [0.29, 0.717) is 6.54 Å². The van der Waals surface area contributed by atoms with Crippen LogP contribution in [-0.2, 0) is 6.54 Å². The van der Waals surface area contributed by atoms with E-state index in [1.165, 1.54) is 5.69 Å². The summed E-state index contributed by atoms with van der Waals surface area (Å²) in [6.07, 6.45) is 1.67. The predicted octanol–water partition coefficient (Wildman–Crippen LogP) is 2.47. The lowest BCUT2D eigenvalue weighted by atomic mass is 10.3. The highest BCUT2D eigenvalue weighted by Gasteiger charge is 2.02. The van der Waals surface area contributed by atoms with Crippen molar-refractivity contribution in [2.24, 2.45) is 4.99 Å². The number of anilines is 1. The highest BCUT2D eigenvalue weighted by atomic mass is 16.3. The summed E-state index contributed by atoms with van der Waals surface area (Å²) < 4.78 is 5.29. The predicted molar refractivity (Wildman–Crippen MR) is 91.2 cm³/mol. The van der Waals surface area contributed by atoms with Gasteiger partial charge < -0.3 is 20.0 Å². The Labute approximate surface area is 132 Å². The molecule has 118 valence electrons. The molecule has 5 heteroatoms. The molecule has 22 heavy (non-hydrogen) atoms. The van der Waals surface area contributed by atoms with Crippen LogP contribution < -0.4 is 15.5 Å². The van der Waals surface area contributed by atoms with Gasteiger partial charge in [-0.3, -0.25) is 0 Å². The van der Waals surface area contributed by atoms with Gasteiger partial charge in [0.25, 0.3) is 0 Å². The summed E-state index contributed by atoms with van der Waals surface area (Å²) in [5.74, 6) is 1.67. The Bertz CT molecular complexity index is 551. The molecule has 0 amide bonds. The van der Waals surface area contributed by atoms with Crippen LogP contribution in [0.25, 0.3) is 0 Å². The van der Waals surface area contributed by atoms with Crippen LogP contribution in [0.5, 0.6) is 0 Å². The number of para-hydroxylation sites is 1. The van der Waals surface area contributed by atoms with Crippen LogP contribution in [0.2, 0.25) is 0 Å². The van der Waals surface area contributed by atoms with E-state index in [9.17, 15) is 0 Å². The molecule has 0 fully saturated rings. The third kappa shape index (κ3) is 5.16. The lowest BCUT2D eigenvalue weighted by Gasteiger charge is -2.20. The summed E-state index contributed by atoms with van der Waals surface area (Å²) in [7, 11) is 2.09. The minimum Gasteiger partial charge on any atom is -0.467 e. The first kappa shape index (κ1) is 15.9. The van der Waals surface area contributed by atoms with Crippen LogP contribution >= 0.6 is 0 Å². The molecule has 1 aromatic carbocycles. The van der Waals surface area contributed by atoms with E-state index < -0.39 is 0 Å². The second kappa shape index (κ2) is 8.77. The van der Waals surface area contributed by atoms with Crippen molar-refractivity contribution >= 4 is 11.6 Å². The second-order valence-corrected chi connectivity index (χ2v) is 4.96. The summed E-state index contributed by atoms with van der Waals surface area (Å²) in [5, 5.41) is 6.58. The Hall–Kier alpha value is -2.43. The lowest BCUT2D eigenvalue weighted by Crippen LogP contribution is -2.41. The minimum atomic E-state index is 0.539. The van der Waals surface area contributed by atoms with E-state index in [-0.39, 0.29) is 0 Å². The van der Waals surface area contributed by atoms with Gasteiger partial charge in [0.2, 0.25) is 0 Å². The van der Waals surface area contributed by atoms with Crippen molar-refractivity contribution in [3.05, 3.63) is 54.5 Å². The molecule has 0 aliphatic heterocycles. The molecule has 0 saturated heterocycles. The van der Waals surface area contributed by atoms with Crippen molar-refractivity contribution in [3.63, 3.8) is 0 Å². The summed E-state index contributed by atoms with van der Waals surface area (Å²) in [5.41, 5.74) is 1.21. The summed E-state index contributed by atoms with van der Waals surface area (Å²) in [6.45, 7) is 5.14. The van der Waals surface area contributed by atoms with Gasteiger partial charge in [-0.15, -0.1) is 0 Å². The molecule has 2 N–H and O–H groups in total. The van der Waals surface area contributed by atoms with Crippen molar-refractivity contribution in [2.75, 3.05) is 31.6 Å². The molecular formula is C17H24N4O. The number of guanidine groups is 1. The quantitative estimate of drug-likeness (QED) is 0.609. The number of aliphatic imine (C=N–C) groups is 1. The molecular weight excluding hydrogens is 276 g/mol. The molecule has 1 aromatic heterocycles. The topological polar surface area (TPSA) is 52.8 Å². The fourth-order valence-electron chi connectivity index (χ4n) is 2.05. The van der Waals surface area contributed by atoms with E-state index in [1.807, 2.05) is 30.3 Å². The number of hydrogen-bond acceptors (Lipinski definition) is 3. The van der Waals surface area contributed by atoms with Gasteiger partial charge in [0, 0.05) is 32.4 Å². The van der Waals surface area contributed by atoms with Gasteiger partial charge in [0.1, 0.15) is 12.3 Å². The first-order valence-corrected chi connectivity index (χ1v) is 7.60. The average Bonchev–Trinajstić information content (AvgIpc) is 3.06. The van der Waals surface area contributed by atoms with Gasteiger partial charge in [-0.2, -0.15) is 0 Å². The number of nitrogens with zero attached hydrogens (tertiary/aromatic N) is 2. The molecule has 5 nitrogen and oxygen atoms in total. The molecule has 0 aliphatic carbocycles. The fourth-order valence-corrected chi connectivity index (χ4v) is 2.05. The molecule has 2 rings (SSSR count). The zero-order valence-corrected chi connectivity index (χ0v) is 13.2. The normalized spacial score (nSPS) is 11.3. The van der Waals surface area contributed by atoms with E-state index in [1.54, 1.807) is 6.26 Å². The zero-order valence-electron chi connectivity index (χ0n) is 13.2. The molecule has 1 heterocycles. The van der Waals surface area contributed by atoms with E-state index >= 15 is 0 Å². The van der Waals surface area contributed by atoms with Crippen molar-refractivity contribution in [2.45, 2.75) is 13.5 Å². The van der Waals surface area contributed by atoms with Crippen molar-refractivity contribution in [1.29, 1.82) is 0 Å². The standard InChI is InChI=1S/C17H24N4O/c1-3-18-17(20-14-16-10-7-13-22-16)19-11-12-21(2)15-8-5-4-6-9-15/h4-10,13H,3,11-12,14H2,1-2H3,(H2,18,19,20). The SMILES string of the molecule is CCNC(=NCc1ccco1)NCCN(C)c1ccccc1. The molecule has 0 bridgehead atoms. The molecule has 0 atom stereocenters. The Morgan fingerprint density at radius 1 is 1.14 bits per heavy atom. The van der Waals surface area contributed by atoms with E-state index in [4.69, 9.17) is 4.42 Å². The maximum absolute atomic E-state index is 5.29. The van der Waals surface area contributed by atoms with E-state index in [2.05, 4.69) is 46.6 Å². The Morgan fingerprint density at radius 2 is 1.95 bits per heavy atom. The summed E-state index contributed by atoms with van der Waals surface area (Å²) >= 11 is 0. The van der Waals surface area contributed by atoms with Gasteiger partial charge in [0.15, 0.2) is 5.96 Å². The summed E-state index contributed by atoms with van der Waals surface area (Å²) in [6, 6.07) is 14.1. The van der Waals surface area contributed by atoms with Crippen LogP contribution in [0.3, 0.4) is 0 Å². The van der Waals surface area contributed by atoms with Crippen molar-refractivity contribution < 1.29 is 4.42 Å². The maximum atomic E-state index is 5.29. The third-order valence-corrected chi connectivity index (χ3v) is 3.25. The largest absolute Gasteiger partial charge is 0.467 e. The highest BCUT2D eigenvalue weighted by Crippen LogP contribution is 2.09. The maximum Gasteiger partial charge on any atom is 0.191 e. The van der Waals surface area contributed by atoms with Gasteiger partial charge in [-0.05, 0) is 31.2 Å². The Kier molecular flexibility index (Phi) is 6.36.